The Morgan fingerprint density at radius 1 is 1.00 bits per heavy atom. The fraction of sp³-hybridized carbons (Fsp3) is 0.684. The molecule has 26 heavy (non-hydrogen) atoms. The number of hydrogen-bond acceptors (Lipinski definition) is 5. The van der Waals surface area contributed by atoms with Gasteiger partial charge in [-0.1, -0.05) is 6.07 Å². The number of likely N-dealkylation sites (tertiary alicyclic amines) is 1. The predicted molar refractivity (Wildman–Crippen MR) is 104 cm³/mol. The molecule has 0 aliphatic carbocycles. The number of piperazine rings is 1. The van der Waals surface area contributed by atoms with Crippen LogP contribution in [0.25, 0.3) is 0 Å². The molecule has 0 bridgehead atoms. The zero-order valence-electron chi connectivity index (χ0n) is 15.7. The number of nitrogens with zero attached hydrogens (tertiary/aromatic N) is 4. The molecule has 2 saturated heterocycles. The number of carbonyl (C=O) groups is 2. The number of amides is 2. The molecule has 1 aromatic rings. The van der Waals surface area contributed by atoms with E-state index in [-0.39, 0.29) is 11.8 Å². The van der Waals surface area contributed by atoms with Gasteiger partial charge in [-0.25, -0.2) is 0 Å². The molecule has 0 unspecified atom stereocenters. The van der Waals surface area contributed by atoms with Crippen LogP contribution in [0.4, 0.5) is 0 Å². The second kappa shape index (κ2) is 9.48. The van der Waals surface area contributed by atoms with Crippen LogP contribution in [0.1, 0.15) is 24.1 Å². The van der Waals surface area contributed by atoms with Crippen LogP contribution >= 0.6 is 11.3 Å². The van der Waals surface area contributed by atoms with Crippen LogP contribution in [0.3, 0.4) is 0 Å². The summed E-state index contributed by atoms with van der Waals surface area (Å²) in [6, 6.07) is 4.08. The van der Waals surface area contributed by atoms with E-state index in [9.17, 15) is 9.59 Å². The Labute approximate surface area is 160 Å². The molecule has 2 amide bonds. The van der Waals surface area contributed by atoms with E-state index in [1.54, 1.807) is 16.2 Å². The summed E-state index contributed by atoms with van der Waals surface area (Å²) in [6.07, 6.45) is 3.53. The first-order valence-electron chi connectivity index (χ1n) is 9.60. The van der Waals surface area contributed by atoms with Gasteiger partial charge in [0.05, 0.1) is 19.6 Å². The van der Waals surface area contributed by atoms with Crippen molar-refractivity contribution in [2.24, 2.45) is 0 Å². The second-order valence-electron chi connectivity index (χ2n) is 7.32. The number of thiophene rings is 1. The molecule has 0 spiro atoms. The Kier molecular flexibility index (Phi) is 7.05. The summed E-state index contributed by atoms with van der Waals surface area (Å²) in [4.78, 5) is 34.3. The van der Waals surface area contributed by atoms with Crippen LogP contribution in [0, 0.1) is 0 Å². The molecule has 3 heterocycles. The maximum atomic E-state index is 12.4. The van der Waals surface area contributed by atoms with Crippen molar-refractivity contribution in [1.29, 1.82) is 0 Å². The molecule has 0 aromatic carbocycles. The number of rotatable bonds is 6. The zero-order chi connectivity index (χ0) is 18.4. The highest BCUT2D eigenvalue weighted by atomic mass is 32.1. The summed E-state index contributed by atoms with van der Waals surface area (Å²) in [6.45, 7) is 6.95. The fourth-order valence-electron chi connectivity index (χ4n) is 3.58. The van der Waals surface area contributed by atoms with Gasteiger partial charge in [0, 0.05) is 51.2 Å². The minimum atomic E-state index is 0.163. The molecule has 2 fully saturated rings. The lowest BCUT2D eigenvalue weighted by Crippen LogP contribution is -2.52. The van der Waals surface area contributed by atoms with Gasteiger partial charge in [0.25, 0.3) is 0 Å². The molecule has 0 radical (unpaired) electrons. The number of likely N-dealkylation sites (N-methyl/N-ethyl adjacent to an activating group) is 1. The van der Waals surface area contributed by atoms with E-state index in [2.05, 4.69) is 15.9 Å². The predicted octanol–water partition coefficient (Wildman–Crippen LogP) is 1.34. The lowest BCUT2D eigenvalue weighted by Gasteiger charge is -2.36. The van der Waals surface area contributed by atoms with Crippen LogP contribution in [0.15, 0.2) is 17.5 Å². The highest BCUT2D eigenvalue weighted by Crippen LogP contribution is 2.12. The van der Waals surface area contributed by atoms with Gasteiger partial charge in [-0.3, -0.25) is 19.4 Å². The van der Waals surface area contributed by atoms with E-state index >= 15 is 0 Å². The van der Waals surface area contributed by atoms with Crippen molar-refractivity contribution in [2.75, 3.05) is 59.4 Å². The van der Waals surface area contributed by atoms with Crippen LogP contribution in [0.5, 0.6) is 0 Å². The average molecular weight is 379 g/mol. The quantitative estimate of drug-likeness (QED) is 0.749. The maximum Gasteiger partial charge on any atom is 0.236 e. The van der Waals surface area contributed by atoms with E-state index in [1.807, 2.05) is 23.4 Å². The van der Waals surface area contributed by atoms with Gasteiger partial charge in [0.15, 0.2) is 0 Å². The Morgan fingerprint density at radius 2 is 1.65 bits per heavy atom. The van der Waals surface area contributed by atoms with Crippen molar-refractivity contribution in [2.45, 2.75) is 25.8 Å². The van der Waals surface area contributed by atoms with Gasteiger partial charge in [0.1, 0.15) is 0 Å². The van der Waals surface area contributed by atoms with Crippen LogP contribution in [-0.2, 0) is 16.1 Å². The van der Waals surface area contributed by atoms with Crippen molar-refractivity contribution in [3.8, 4) is 0 Å². The van der Waals surface area contributed by atoms with Gasteiger partial charge in [-0.05, 0) is 30.7 Å². The summed E-state index contributed by atoms with van der Waals surface area (Å²) in [7, 11) is 1.87. The highest BCUT2D eigenvalue weighted by Gasteiger charge is 2.24. The molecule has 2 aliphatic heterocycles. The van der Waals surface area contributed by atoms with Gasteiger partial charge in [-0.2, -0.15) is 0 Å². The first-order chi connectivity index (χ1) is 12.6. The number of carbonyl (C=O) groups excluding carboxylic acids is 2. The highest BCUT2D eigenvalue weighted by molar-refractivity contribution is 7.09. The van der Waals surface area contributed by atoms with E-state index < -0.39 is 0 Å². The monoisotopic (exact) mass is 378 g/mol. The van der Waals surface area contributed by atoms with E-state index in [0.717, 1.165) is 52.1 Å². The lowest BCUT2D eigenvalue weighted by atomic mass is 10.1. The fourth-order valence-corrected chi connectivity index (χ4v) is 4.33. The maximum absolute atomic E-state index is 12.4. The molecule has 6 nitrogen and oxygen atoms in total. The Hall–Kier alpha value is -1.44. The van der Waals surface area contributed by atoms with E-state index in [4.69, 9.17) is 0 Å². The van der Waals surface area contributed by atoms with E-state index in [0.29, 0.717) is 19.6 Å². The minimum Gasteiger partial charge on any atom is -0.342 e. The first kappa shape index (κ1) is 19.3. The van der Waals surface area contributed by atoms with Crippen LogP contribution in [0.2, 0.25) is 0 Å². The van der Waals surface area contributed by atoms with Crippen LogP contribution in [-0.4, -0.2) is 90.8 Å². The van der Waals surface area contributed by atoms with Crippen molar-refractivity contribution < 1.29 is 9.59 Å². The Balaban J connectivity index is 1.36. The molecule has 7 heteroatoms. The number of piperidine rings is 1. The summed E-state index contributed by atoms with van der Waals surface area (Å²) in [5.74, 6) is 0.432. The summed E-state index contributed by atoms with van der Waals surface area (Å²) < 4.78 is 0. The zero-order valence-corrected chi connectivity index (χ0v) is 16.5. The molecule has 0 N–H and O–H groups in total. The average Bonchev–Trinajstić information content (AvgIpc) is 3.17. The molecule has 0 atom stereocenters. The Bertz CT molecular complexity index is 578. The third-order valence-corrected chi connectivity index (χ3v) is 6.15. The molecule has 144 valence electrons. The minimum absolute atomic E-state index is 0.163. The molecular formula is C19H30N4O2S. The molecule has 3 rings (SSSR count). The summed E-state index contributed by atoms with van der Waals surface area (Å²) in [5.41, 5.74) is 0. The second-order valence-corrected chi connectivity index (χ2v) is 8.36. The number of hydrogen-bond donors (Lipinski definition) is 0. The van der Waals surface area contributed by atoms with Crippen molar-refractivity contribution in [3.05, 3.63) is 22.4 Å². The summed E-state index contributed by atoms with van der Waals surface area (Å²) in [5, 5.41) is 2.04. The Morgan fingerprint density at radius 3 is 2.27 bits per heavy atom. The SMILES string of the molecule is CN(Cc1cccs1)C(=O)CN1CCN(CC(=O)N2CCCCC2)CC1. The lowest BCUT2D eigenvalue weighted by molar-refractivity contribution is -0.135. The van der Waals surface area contributed by atoms with Gasteiger partial charge < -0.3 is 9.80 Å². The van der Waals surface area contributed by atoms with Gasteiger partial charge >= 0.3 is 0 Å². The third kappa shape index (κ3) is 5.53. The normalized spacial score (nSPS) is 19.5. The smallest absolute Gasteiger partial charge is 0.236 e. The summed E-state index contributed by atoms with van der Waals surface area (Å²) >= 11 is 1.68. The van der Waals surface area contributed by atoms with Crippen molar-refractivity contribution >= 4 is 23.2 Å². The standard InChI is InChI=1S/C19H30N4O2S/c1-20(14-17-6-5-13-26-17)18(24)15-21-9-11-22(12-10-21)16-19(25)23-7-3-2-4-8-23/h5-6,13H,2-4,7-12,14-16H2,1H3. The molecule has 1 aromatic heterocycles. The molecular weight excluding hydrogens is 348 g/mol. The topological polar surface area (TPSA) is 47.1 Å². The van der Waals surface area contributed by atoms with E-state index in [1.165, 1.54) is 11.3 Å². The van der Waals surface area contributed by atoms with Gasteiger partial charge in [-0.15, -0.1) is 11.3 Å². The van der Waals surface area contributed by atoms with Crippen LogP contribution < -0.4 is 0 Å². The van der Waals surface area contributed by atoms with Crippen molar-refractivity contribution in [3.63, 3.8) is 0 Å². The third-order valence-electron chi connectivity index (χ3n) is 5.29. The largest absolute Gasteiger partial charge is 0.342 e. The van der Waals surface area contributed by atoms with Gasteiger partial charge in [0.2, 0.25) is 11.8 Å². The van der Waals surface area contributed by atoms with Crippen molar-refractivity contribution in [1.82, 2.24) is 19.6 Å². The first-order valence-corrected chi connectivity index (χ1v) is 10.5. The molecule has 2 aliphatic rings. The molecule has 0 saturated carbocycles.